The van der Waals surface area contributed by atoms with Gasteiger partial charge in [0.25, 0.3) is 0 Å². The van der Waals surface area contributed by atoms with Crippen LogP contribution in [0, 0.1) is 5.92 Å². The average Bonchev–Trinajstić information content (AvgIpc) is 2.61. The highest BCUT2D eigenvalue weighted by molar-refractivity contribution is 6.93. The largest absolute Gasteiger partial charge is 0.392 e. The maximum absolute atomic E-state index is 10.4. The van der Waals surface area contributed by atoms with Crippen molar-refractivity contribution in [3.05, 3.63) is 84.1 Å². The summed E-state index contributed by atoms with van der Waals surface area (Å²) in [5, 5.41) is 11.8. The van der Waals surface area contributed by atoms with E-state index < -0.39 is 8.07 Å². The Morgan fingerprint density at radius 2 is 1.54 bits per heavy atom. The van der Waals surface area contributed by atoms with Crippen LogP contribution in [0.25, 0.3) is 6.08 Å². The smallest absolute Gasteiger partial charge is 0.103 e. The second kappa shape index (κ2) is 8.81. The molecule has 0 radical (unpaired) electrons. The number of aliphatic hydroxyl groups is 1. The molecule has 2 aromatic carbocycles. The Kier molecular flexibility index (Phi) is 6.77. The van der Waals surface area contributed by atoms with Crippen molar-refractivity contribution >= 4 is 19.3 Å². The second-order valence-electron chi connectivity index (χ2n) is 6.92. The molecule has 2 aromatic rings. The zero-order valence-corrected chi connectivity index (χ0v) is 15.9. The van der Waals surface area contributed by atoms with E-state index in [9.17, 15) is 5.11 Å². The van der Waals surface area contributed by atoms with Gasteiger partial charge < -0.3 is 5.11 Å². The fourth-order valence-corrected chi connectivity index (χ4v) is 4.64. The fourth-order valence-electron chi connectivity index (χ4n) is 2.61. The molecule has 0 saturated heterocycles. The average molecular weight is 337 g/mol. The summed E-state index contributed by atoms with van der Waals surface area (Å²) in [6.07, 6.45) is 6.65. The molecule has 0 fully saturated rings. The van der Waals surface area contributed by atoms with Gasteiger partial charge in [-0.2, -0.15) is 0 Å². The number of rotatable bonds is 7. The molecule has 0 aliphatic rings. The Bertz CT molecular complexity index is 659. The van der Waals surface area contributed by atoms with Crippen LogP contribution in [0.4, 0.5) is 0 Å². The van der Waals surface area contributed by atoms with Crippen LogP contribution in [0.5, 0.6) is 0 Å². The summed E-state index contributed by atoms with van der Waals surface area (Å²) in [6.45, 7) is 6.77. The molecule has 1 nitrogen and oxygen atoms in total. The van der Waals surface area contributed by atoms with Gasteiger partial charge in [0.15, 0.2) is 0 Å². The lowest BCUT2D eigenvalue weighted by molar-refractivity contribution is 0.141. The van der Waals surface area contributed by atoms with Gasteiger partial charge in [0.1, 0.15) is 8.07 Å². The molecule has 1 N–H and O–H groups in total. The Morgan fingerprint density at radius 3 is 2.17 bits per heavy atom. The van der Waals surface area contributed by atoms with Gasteiger partial charge in [0, 0.05) is 0 Å². The summed E-state index contributed by atoms with van der Waals surface area (Å²) >= 11 is 0. The Labute approximate surface area is 147 Å². The van der Waals surface area contributed by atoms with E-state index in [-0.39, 0.29) is 12.0 Å². The lowest BCUT2D eigenvalue weighted by atomic mass is 10.0. The molecule has 126 valence electrons. The molecule has 0 bridgehead atoms. The quantitative estimate of drug-likeness (QED) is 0.720. The minimum Gasteiger partial charge on any atom is -0.392 e. The molecule has 0 heterocycles. The Hall–Kier alpha value is -1.90. The zero-order valence-electron chi connectivity index (χ0n) is 14.9. The van der Waals surface area contributed by atoms with E-state index in [0.29, 0.717) is 6.42 Å². The van der Waals surface area contributed by atoms with Crippen LogP contribution >= 0.6 is 0 Å². The number of aliphatic hydroxyl groups excluding tert-OH is 1. The van der Waals surface area contributed by atoms with Crippen molar-refractivity contribution in [1.82, 2.24) is 0 Å². The lowest BCUT2D eigenvalue weighted by Crippen LogP contribution is -2.39. The van der Waals surface area contributed by atoms with E-state index in [4.69, 9.17) is 0 Å². The van der Waals surface area contributed by atoms with Crippen molar-refractivity contribution in [3.8, 4) is 0 Å². The highest BCUT2D eigenvalue weighted by atomic mass is 28.3. The van der Waals surface area contributed by atoms with Crippen LogP contribution in [0.2, 0.25) is 13.1 Å². The number of hydrogen-bond acceptors (Lipinski definition) is 1. The maximum atomic E-state index is 10.4. The molecule has 0 aromatic heterocycles. The Balaban J connectivity index is 1.91. The molecule has 0 spiro atoms. The van der Waals surface area contributed by atoms with Crippen molar-refractivity contribution in [2.24, 2.45) is 5.92 Å². The molecule has 2 rings (SSSR count). The highest BCUT2D eigenvalue weighted by Gasteiger charge is 2.20. The summed E-state index contributed by atoms with van der Waals surface area (Å²) in [7, 11) is -1.58. The first-order valence-electron chi connectivity index (χ1n) is 8.63. The third-order valence-electron chi connectivity index (χ3n) is 4.43. The number of benzene rings is 2. The molecule has 2 atom stereocenters. The first-order valence-corrected chi connectivity index (χ1v) is 11.7. The summed E-state index contributed by atoms with van der Waals surface area (Å²) < 4.78 is 0. The molecule has 0 amide bonds. The second-order valence-corrected chi connectivity index (χ2v) is 11.3. The summed E-state index contributed by atoms with van der Waals surface area (Å²) in [4.78, 5) is 0. The molecule has 0 unspecified atom stereocenters. The molecule has 0 saturated carbocycles. The highest BCUT2D eigenvalue weighted by Crippen LogP contribution is 2.14. The van der Waals surface area contributed by atoms with Gasteiger partial charge in [-0.15, -0.1) is 0 Å². The standard InChI is InChI=1S/C22H28OSi/c1-19(17-18-24(2,3)21-14-8-5-9-15-21)22(23)16-10-13-20-11-6-4-7-12-20/h4-15,17-19,22-23H,16H2,1-3H3/b13-10+,18-17+/t19-,22+/m0/s1. The van der Waals surface area contributed by atoms with Crippen LogP contribution in [0.1, 0.15) is 18.9 Å². The van der Waals surface area contributed by atoms with Gasteiger partial charge >= 0.3 is 0 Å². The van der Waals surface area contributed by atoms with E-state index in [1.165, 1.54) is 10.8 Å². The topological polar surface area (TPSA) is 20.2 Å². The van der Waals surface area contributed by atoms with E-state index in [2.05, 4.69) is 86.4 Å². The zero-order chi connectivity index (χ0) is 17.4. The van der Waals surface area contributed by atoms with Gasteiger partial charge in [-0.05, 0) is 17.9 Å². The van der Waals surface area contributed by atoms with Crippen molar-refractivity contribution in [2.45, 2.75) is 32.5 Å². The van der Waals surface area contributed by atoms with Gasteiger partial charge in [0.05, 0.1) is 6.10 Å². The van der Waals surface area contributed by atoms with Crippen molar-refractivity contribution in [2.75, 3.05) is 0 Å². The molecule has 0 aliphatic heterocycles. The van der Waals surface area contributed by atoms with Crippen molar-refractivity contribution < 1.29 is 5.11 Å². The lowest BCUT2D eigenvalue weighted by Gasteiger charge is -2.20. The third-order valence-corrected chi connectivity index (χ3v) is 7.28. The van der Waals surface area contributed by atoms with Crippen LogP contribution < -0.4 is 5.19 Å². The fraction of sp³-hybridized carbons (Fsp3) is 0.273. The molecule has 2 heteroatoms. The van der Waals surface area contributed by atoms with Crippen LogP contribution in [-0.2, 0) is 0 Å². The van der Waals surface area contributed by atoms with Gasteiger partial charge in [-0.1, -0.05) is 110 Å². The minimum atomic E-state index is -1.58. The predicted octanol–water partition coefficient (Wildman–Crippen LogP) is 4.80. The monoisotopic (exact) mass is 336 g/mol. The van der Waals surface area contributed by atoms with Crippen LogP contribution in [-0.4, -0.2) is 19.3 Å². The predicted molar refractivity (Wildman–Crippen MR) is 108 cm³/mol. The van der Waals surface area contributed by atoms with Gasteiger partial charge in [0.2, 0.25) is 0 Å². The summed E-state index contributed by atoms with van der Waals surface area (Å²) in [6, 6.07) is 20.9. The molecular formula is C22H28OSi. The summed E-state index contributed by atoms with van der Waals surface area (Å²) in [5.41, 5.74) is 3.52. The normalized spacial score (nSPS) is 15.0. The number of hydrogen-bond donors (Lipinski definition) is 1. The SMILES string of the molecule is C[C@@H](/C=C/[Si](C)(C)c1ccccc1)[C@H](O)C/C=C/c1ccccc1. The summed E-state index contributed by atoms with van der Waals surface area (Å²) in [5.74, 6) is 0.154. The third kappa shape index (κ3) is 5.62. The van der Waals surface area contributed by atoms with Crippen molar-refractivity contribution in [1.29, 1.82) is 0 Å². The molecule has 24 heavy (non-hydrogen) atoms. The van der Waals surface area contributed by atoms with Crippen LogP contribution in [0.3, 0.4) is 0 Å². The van der Waals surface area contributed by atoms with Crippen LogP contribution in [0.15, 0.2) is 78.5 Å². The van der Waals surface area contributed by atoms with Gasteiger partial charge in [-0.3, -0.25) is 0 Å². The maximum Gasteiger partial charge on any atom is 0.103 e. The first-order chi connectivity index (χ1) is 11.5. The Morgan fingerprint density at radius 1 is 0.958 bits per heavy atom. The minimum absolute atomic E-state index is 0.154. The molecule has 0 aliphatic carbocycles. The van der Waals surface area contributed by atoms with Gasteiger partial charge in [-0.25, -0.2) is 0 Å². The van der Waals surface area contributed by atoms with E-state index in [1.807, 2.05) is 18.2 Å². The molecular weight excluding hydrogens is 308 g/mol. The van der Waals surface area contributed by atoms with E-state index in [1.54, 1.807) is 0 Å². The van der Waals surface area contributed by atoms with E-state index in [0.717, 1.165) is 0 Å². The van der Waals surface area contributed by atoms with Crippen molar-refractivity contribution in [3.63, 3.8) is 0 Å². The van der Waals surface area contributed by atoms with E-state index >= 15 is 0 Å². The first kappa shape index (κ1) is 18.4.